The molecule has 0 spiro atoms. The molecule has 6 nitrogen and oxygen atoms in total. The van der Waals surface area contributed by atoms with Crippen molar-refractivity contribution in [2.24, 2.45) is 0 Å². The smallest absolute Gasteiger partial charge is 0.252 e. The van der Waals surface area contributed by atoms with Crippen LogP contribution in [0.2, 0.25) is 0 Å². The summed E-state index contributed by atoms with van der Waals surface area (Å²) in [6.45, 7) is 7.69. The molecule has 0 aromatic heterocycles. The van der Waals surface area contributed by atoms with Gasteiger partial charge in [-0.25, -0.2) is 13.3 Å². The predicted molar refractivity (Wildman–Crippen MR) is 129 cm³/mol. The molecule has 4 rings (SSSR count). The van der Waals surface area contributed by atoms with E-state index in [1.54, 1.807) is 24.3 Å². The second kappa shape index (κ2) is 8.92. The maximum atomic E-state index is 13.6. The standard InChI is InChI=1S/C26H26N2O4S/c1-4-15-27(33(31,32)23-14-11-20-7-5-6-8-21(20)16-23)24-17-25(29)28(26(24)30)22-12-9-19(10-13-22)18(2)3/h4-14,16,18,24H,1,15,17H2,2-3H3. The molecule has 170 valence electrons. The number of rotatable bonds is 7. The summed E-state index contributed by atoms with van der Waals surface area (Å²) in [7, 11) is -4.06. The van der Waals surface area contributed by atoms with Crippen LogP contribution >= 0.6 is 0 Å². The van der Waals surface area contributed by atoms with Crippen molar-refractivity contribution in [2.45, 2.75) is 37.1 Å². The van der Waals surface area contributed by atoms with Crippen molar-refractivity contribution < 1.29 is 18.0 Å². The van der Waals surface area contributed by atoms with E-state index in [0.717, 1.165) is 25.5 Å². The highest BCUT2D eigenvalue weighted by atomic mass is 32.2. The van der Waals surface area contributed by atoms with E-state index in [4.69, 9.17) is 0 Å². The van der Waals surface area contributed by atoms with Crippen LogP contribution in [0.3, 0.4) is 0 Å². The molecule has 0 radical (unpaired) electrons. The molecule has 0 saturated carbocycles. The van der Waals surface area contributed by atoms with Gasteiger partial charge in [-0.05, 0) is 46.5 Å². The van der Waals surface area contributed by atoms with E-state index < -0.39 is 27.9 Å². The Morgan fingerprint density at radius 2 is 1.70 bits per heavy atom. The van der Waals surface area contributed by atoms with E-state index in [0.29, 0.717) is 11.6 Å². The summed E-state index contributed by atoms with van der Waals surface area (Å²) in [4.78, 5) is 27.3. The Morgan fingerprint density at radius 1 is 1.03 bits per heavy atom. The fraction of sp³-hybridized carbons (Fsp3) is 0.231. The van der Waals surface area contributed by atoms with Gasteiger partial charge in [0.25, 0.3) is 5.91 Å². The minimum atomic E-state index is -4.06. The highest BCUT2D eigenvalue weighted by Crippen LogP contribution is 2.31. The number of hydrogen-bond acceptors (Lipinski definition) is 4. The van der Waals surface area contributed by atoms with Gasteiger partial charge in [-0.2, -0.15) is 4.31 Å². The molecular weight excluding hydrogens is 436 g/mol. The van der Waals surface area contributed by atoms with Crippen molar-refractivity contribution in [1.82, 2.24) is 4.31 Å². The molecule has 0 N–H and O–H groups in total. The minimum Gasteiger partial charge on any atom is -0.274 e. The van der Waals surface area contributed by atoms with Gasteiger partial charge in [0, 0.05) is 6.54 Å². The molecular formula is C26H26N2O4S. The second-order valence-electron chi connectivity index (χ2n) is 8.41. The van der Waals surface area contributed by atoms with Crippen LogP contribution in [0.15, 0.2) is 84.3 Å². The number of carbonyl (C=O) groups excluding carboxylic acids is 2. The van der Waals surface area contributed by atoms with Crippen LogP contribution in [-0.4, -0.2) is 37.1 Å². The number of imide groups is 1. The third kappa shape index (κ3) is 4.21. The highest BCUT2D eigenvalue weighted by molar-refractivity contribution is 7.89. The van der Waals surface area contributed by atoms with Crippen LogP contribution in [0.4, 0.5) is 5.69 Å². The molecule has 1 fully saturated rings. The molecule has 2 amide bonds. The van der Waals surface area contributed by atoms with Crippen LogP contribution in [-0.2, 0) is 19.6 Å². The first kappa shape index (κ1) is 22.9. The molecule has 1 atom stereocenters. The number of hydrogen-bond donors (Lipinski definition) is 0. The Balaban J connectivity index is 1.69. The quantitative estimate of drug-likeness (QED) is 0.383. The van der Waals surface area contributed by atoms with Crippen molar-refractivity contribution in [3.05, 3.63) is 84.9 Å². The molecule has 3 aromatic rings. The molecule has 1 unspecified atom stereocenters. The summed E-state index contributed by atoms with van der Waals surface area (Å²) in [5.74, 6) is -0.666. The van der Waals surface area contributed by atoms with Gasteiger partial charge in [-0.3, -0.25) is 9.59 Å². The Hall–Kier alpha value is -3.29. The number of nitrogens with zero attached hydrogens (tertiary/aromatic N) is 2. The Kier molecular flexibility index (Phi) is 6.19. The number of sulfonamides is 1. The van der Waals surface area contributed by atoms with E-state index >= 15 is 0 Å². The van der Waals surface area contributed by atoms with Gasteiger partial charge in [0.2, 0.25) is 15.9 Å². The first-order valence-corrected chi connectivity index (χ1v) is 12.3. The lowest BCUT2D eigenvalue weighted by Gasteiger charge is -2.26. The number of fused-ring (bicyclic) bond motifs is 1. The zero-order valence-corrected chi connectivity index (χ0v) is 19.5. The largest absolute Gasteiger partial charge is 0.274 e. The summed E-state index contributed by atoms with van der Waals surface area (Å²) >= 11 is 0. The van der Waals surface area contributed by atoms with Crippen LogP contribution in [0, 0.1) is 0 Å². The first-order chi connectivity index (χ1) is 15.7. The summed E-state index contributed by atoms with van der Waals surface area (Å²) in [6, 6.07) is 18.4. The van der Waals surface area contributed by atoms with E-state index in [1.807, 2.05) is 36.4 Å². The minimum absolute atomic E-state index is 0.0723. The SMILES string of the molecule is C=CCN(C1CC(=O)N(c2ccc(C(C)C)cc2)C1=O)S(=O)(=O)c1ccc2ccccc2c1. The van der Waals surface area contributed by atoms with Gasteiger partial charge in [0.1, 0.15) is 6.04 Å². The Bertz CT molecular complexity index is 1330. The first-order valence-electron chi connectivity index (χ1n) is 10.8. The fourth-order valence-corrected chi connectivity index (χ4v) is 5.69. The predicted octanol–water partition coefficient (Wildman–Crippen LogP) is 4.47. The van der Waals surface area contributed by atoms with Crippen LogP contribution < -0.4 is 4.90 Å². The van der Waals surface area contributed by atoms with Gasteiger partial charge in [-0.15, -0.1) is 6.58 Å². The number of carbonyl (C=O) groups is 2. The Labute approximate surface area is 194 Å². The molecule has 1 aliphatic rings. The summed E-state index contributed by atoms with van der Waals surface area (Å²) in [5, 5.41) is 1.69. The third-order valence-corrected chi connectivity index (χ3v) is 7.80. The van der Waals surface area contributed by atoms with Crippen molar-refractivity contribution in [3.63, 3.8) is 0 Å². The van der Waals surface area contributed by atoms with E-state index in [-0.39, 0.29) is 17.9 Å². The molecule has 1 saturated heterocycles. The van der Waals surface area contributed by atoms with E-state index in [9.17, 15) is 18.0 Å². The zero-order chi connectivity index (χ0) is 23.8. The summed E-state index contributed by atoms with van der Waals surface area (Å²) in [6.07, 6.45) is 1.21. The normalized spacial score (nSPS) is 16.8. The number of amides is 2. The molecule has 0 aliphatic carbocycles. The molecule has 33 heavy (non-hydrogen) atoms. The number of benzene rings is 3. The van der Waals surface area contributed by atoms with Gasteiger partial charge in [-0.1, -0.05) is 62.4 Å². The average Bonchev–Trinajstić information content (AvgIpc) is 3.10. The van der Waals surface area contributed by atoms with E-state index in [1.165, 1.54) is 12.1 Å². The van der Waals surface area contributed by atoms with Crippen molar-refractivity contribution in [2.75, 3.05) is 11.4 Å². The Morgan fingerprint density at radius 3 is 2.33 bits per heavy atom. The van der Waals surface area contributed by atoms with Gasteiger partial charge in [0.05, 0.1) is 17.0 Å². The van der Waals surface area contributed by atoms with Crippen LogP contribution in [0.5, 0.6) is 0 Å². The third-order valence-electron chi connectivity index (χ3n) is 5.92. The molecule has 0 bridgehead atoms. The fourth-order valence-electron chi connectivity index (χ4n) is 4.10. The average molecular weight is 463 g/mol. The molecule has 7 heteroatoms. The van der Waals surface area contributed by atoms with Gasteiger partial charge < -0.3 is 0 Å². The lowest BCUT2D eigenvalue weighted by Crippen LogP contribution is -2.45. The van der Waals surface area contributed by atoms with Crippen molar-refractivity contribution in [3.8, 4) is 0 Å². The van der Waals surface area contributed by atoms with Gasteiger partial charge >= 0.3 is 0 Å². The maximum absolute atomic E-state index is 13.6. The summed E-state index contributed by atoms with van der Waals surface area (Å²) in [5.41, 5.74) is 1.53. The molecule has 1 heterocycles. The zero-order valence-electron chi connectivity index (χ0n) is 18.6. The molecule has 1 aliphatic heterocycles. The van der Waals surface area contributed by atoms with Crippen LogP contribution in [0.1, 0.15) is 31.7 Å². The second-order valence-corrected chi connectivity index (χ2v) is 10.3. The number of anilines is 1. The van der Waals surface area contributed by atoms with E-state index in [2.05, 4.69) is 20.4 Å². The molecule has 3 aromatic carbocycles. The van der Waals surface area contributed by atoms with Crippen molar-refractivity contribution >= 4 is 38.3 Å². The highest BCUT2D eigenvalue weighted by Gasteiger charge is 2.46. The lowest BCUT2D eigenvalue weighted by molar-refractivity contribution is -0.122. The van der Waals surface area contributed by atoms with Gasteiger partial charge in [0.15, 0.2) is 0 Å². The maximum Gasteiger partial charge on any atom is 0.252 e. The monoisotopic (exact) mass is 462 g/mol. The summed E-state index contributed by atoms with van der Waals surface area (Å²) < 4.78 is 28.2. The van der Waals surface area contributed by atoms with Crippen LogP contribution in [0.25, 0.3) is 10.8 Å². The topological polar surface area (TPSA) is 74.8 Å². The van der Waals surface area contributed by atoms with Crippen molar-refractivity contribution in [1.29, 1.82) is 0 Å². The lowest BCUT2D eigenvalue weighted by atomic mass is 10.0.